The molecule has 0 bridgehead atoms. The monoisotopic (exact) mass is 318 g/mol. The maximum absolute atomic E-state index is 12.4. The van der Waals surface area contributed by atoms with Crippen LogP contribution in [0.15, 0.2) is 12.4 Å². The largest absolute Gasteiger partial charge is 0.349 e. The second kappa shape index (κ2) is 7.62. The highest BCUT2D eigenvalue weighted by atomic mass is 16.2. The zero-order valence-corrected chi connectivity index (χ0v) is 13.6. The molecule has 1 aliphatic carbocycles. The molecule has 2 heterocycles. The first-order valence-corrected chi connectivity index (χ1v) is 8.79. The van der Waals surface area contributed by atoms with Crippen molar-refractivity contribution in [3.8, 4) is 0 Å². The number of H-pyrrole nitrogens is 1. The van der Waals surface area contributed by atoms with Crippen LogP contribution in [0.25, 0.3) is 0 Å². The second-order valence-electron chi connectivity index (χ2n) is 6.68. The van der Waals surface area contributed by atoms with Crippen LogP contribution < -0.4 is 5.32 Å². The van der Waals surface area contributed by atoms with Crippen molar-refractivity contribution in [2.75, 3.05) is 6.54 Å². The first-order chi connectivity index (χ1) is 11.2. The predicted molar refractivity (Wildman–Crippen MR) is 86.4 cm³/mol. The van der Waals surface area contributed by atoms with E-state index >= 15 is 0 Å². The van der Waals surface area contributed by atoms with Crippen LogP contribution in [0, 0.1) is 5.92 Å². The Morgan fingerprint density at radius 3 is 2.74 bits per heavy atom. The number of carbonyl (C=O) groups excluding carboxylic acids is 2. The van der Waals surface area contributed by atoms with Gasteiger partial charge >= 0.3 is 0 Å². The van der Waals surface area contributed by atoms with Crippen LogP contribution in [-0.4, -0.2) is 39.3 Å². The van der Waals surface area contributed by atoms with Crippen LogP contribution in [-0.2, 0) is 16.1 Å². The molecule has 1 saturated heterocycles. The summed E-state index contributed by atoms with van der Waals surface area (Å²) in [5.41, 5.74) is 0. The standard InChI is InChI=1S/C17H26N4O2/c22-16-8-7-13(17(23)20-11-15-18-9-10-19-15)12-21(16)14-5-3-1-2-4-6-14/h9-10,13-14H,1-8,11-12H2,(H,18,19)(H,20,23). The number of amides is 2. The summed E-state index contributed by atoms with van der Waals surface area (Å²) < 4.78 is 0. The van der Waals surface area contributed by atoms with Gasteiger partial charge in [-0.3, -0.25) is 9.59 Å². The van der Waals surface area contributed by atoms with Crippen molar-refractivity contribution >= 4 is 11.8 Å². The number of aromatic amines is 1. The predicted octanol–water partition coefficient (Wildman–Crippen LogP) is 1.99. The molecular formula is C17H26N4O2. The minimum Gasteiger partial charge on any atom is -0.349 e. The number of aromatic nitrogens is 2. The van der Waals surface area contributed by atoms with E-state index in [0.717, 1.165) is 18.7 Å². The Morgan fingerprint density at radius 1 is 1.26 bits per heavy atom. The summed E-state index contributed by atoms with van der Waals surface area (Å²) in [7, 11) is 0. The molecule has 0 radical (unpaired) electrons. The van der Waals surface area contributed by atoms with Crippen molar-refractivity contribution in [3.05, 3.63) is 18.2 Å². The van der Waals surface area contributed by atoms with E-state index in [4.69, 9.17) is 0 Å². The molecule has 1 aromatic rings. The van der Waals surface area contributed by atoms with E-state index in [9.17, 15) is 9.59 Å². The Morgan fingerprint density at radius 2 is 2.04 bits per heavy atom. The number of hydrogen-bond donors (Lipinski definition) is 2. The summed E-state index contributed by atoms with van der Waals surface area (Å²) >= 11 is 0. The Labute approximate surface area is 137 Å². The molecule has 0 spiro atoms. The molecule has 3 rings (SSSR count). The summed E-state index contributed by atoms with van der Waals surface area (Å²) in [4.78, 5) is 33.8. The third-order valence-corrected chi connectivity index (χ3v) is 5.07. The van der Waals surface area contributed by atoms with Crippen molar-refractivity contribution in [2.24, 2.45) is 5.92 Å². The maximum Gasteiger partial charge on any atom is 0.225 e. The van der Waals surface area contributed by atoms with E-state index in [1.54, 1.807) is 12.4 Å². The number of carbonyl (C=O) groups is 2. The summed E-state index contributed by atoms with van der Waals surface area (Å²) in [6.45, 7) is 0.993. The Balaban J connectivity index is 1.55. The molecule has 1 aliphatic heterocycles. The minimum atomic E-state index is -0.0917. The van der Waals surface area contributed by atoms with E-state index in [2.05, 4.69) is 15.3 Å². The van der Waals surface area contributed by atoms with E-state index in [1.807, 2.05) is 4.90 Å². The molecule has 6 nitrogen and oxygen atoms in total. The lowest BCUT2D eigenvalue weighted by molar-refractivity contribution is -0.141. The van der Waals surface area contributed by atoms with Crippen molar-refractivity contribution < 1.29 is 9.59 Å². The summed E-state index contributed by atoms with van der Waals surface area (Å²) in [6.07, 6.45) is 11.7. The second-order valence-corrected chi connectivity index (χ2v) is 6.68. The van der Waals surface area contributed by atoms with Gasteiger partial charge in [0, 0.05) is 31.4 Å². The van der Waals surface area contributed by atoms with Gasteiger partial charge in [-0.2, -0.15) is 0 Å². The van der Waals surface area contributed by atoms with Gasteiger partial charge < -0.3 is 15.2 Å². The Hall–Kier alpha value is -1.85. The molecule has 1 saturated carbocycles. The zero-order valence-electron chi connectivity index (χ0n) is 13.6. The zero-order chi connectivity index (χ0) is 16.1. The van der Waals surface area contributed by atoms with Crippen LogP contribution in [0.3, 0.4) is 0 Å². The van der Waals surface area contributed by atoms with Gasteiger partial charge in [0.2, 0.25) is 11.8 Å². The number of hydrogen-bond acceptors (Lipinski definition) is 3. The van der Waals surface area contributed by atoms with Crippen LogP contribution in [0.4, 0.5) is 0 Å². The number of nitrogens with zero attached hydrogens (tertiary/aromatic N) is 2. The number of nitrogens with one attached hydrogen (secondary N) is 2. The highest BCUT2D eigenvalue weighted by Crippen LogP contribution is 2.27. The lowest BCUT2D eigenvalue weighted by Gasteiger charge is -2.37. The number of piperidine rings is 1. The quantitative estimate of drug-likeness (QED) is 0.833. The van der Waals surface area contributed by atoms with Gasteiger partial charge in [-0.05, 0) is 19.3 Å². The molecule has 0 aromatic carbocycles. The lowest BCUT2D eigenvalue weighted by atomic mass is 9.93. The molecule has 23 heavy (non-hydrogen) atoms. The highest BCUT2D eigenvalue weighted by molar-refractivity contribution is 5.83. The van der Waals surface area contributed by atoms with Crippen molar-refractivity contribution in [1.82, 2.24) is 20.2 Å². The van der Waals surface area contributed by atoms with Crippen molar-refractivity contribution in [3.63, 3.8) is 0 Å². The molecule has 2 fully saturated rings. The van der Waals surface area contributed by atoms with Crippen LogP contribution in [0.5, 0.6) is 0 Å². The summed E-state index contributed by atoms with van der Waals surface area (Å²) in [6, 6.07) is 0.339. The van der Waals surface area contributed by atoms with E-state index < -0.39 is 0 Å². The third-order valence-electron chi connectivity index (χ3n) is 5.07. The fourth-order valence-corrected chi connectivity index (χ4v) is 3.72. The van der Waals surface area contributed by atoms with Crippen LogP contribution >= 0.6 is 0 Å². The lowest BCUT2D eigenvalue weighted by Crippen LogP contribution is -2.49. The van der Waals surface area contributed by atoms with E-state index in [-0.39, 0.29) is 17.7 Å². The molecule has 2 aliphatic rings. The Bertz CT molecular complexity index is 521. The highest BCUT2D eigenvalue weighted by Gasteiger charge is 2.34. The van der Waals surface area contributed by atoms with Gasteiger partial charge in [-0.15, -0.1) is 0 Å². The molecule has 1 unspecified atom stereocenters. The van der Waals surface area contributed by atoms with Gasteiger partial charge in [0.25, 0.3) is 0 Å². The average Bonchev–Trinajstić information content (AvgIpc) is 2.94. The first-order valence-electron chi connectivity index (χ1n) is 8.79. The minimum absolute atomic E-state index is 0.0347. The smallest absolute Gasteiger partial charge is 0.225 e. The molecule has 2 amide bonds. The molecule has 6 heteroatoms. The topological polar surface area (TPSA) is 78.1 Å². The van der Waals surface area contributed by atoms with Gasteiger partial charge in [0.05, 0.1) is 12.5 Å². The fourth-order valence-electron chi connectivity index (χ4n) is 3.72. The fraction of sp³-hybridized carbons (Fsp3) is 0.706. The Kier molecular flexibility index (Phi) is 5.31. The molecular weight excluding hydrogens is 292 g/mol. The van der Waals surface area contributed by atoms with Crippen LogP contribution in [0.2, 0.25) is 0 Å². The first kappa shape index (κ1) is 16.0. The molecule has 126 valence electrons. The van der Waals surface area contributed by atoms with Gasteiger partial charge in [-0.25, -0.2) is 4.98 Å². The summed E-state index contributed by atoms with van der Waals surface area (Å²) in [5, 5.41) is 2.93. The molecule has 1 atom stereocenters. The third kappa shape index (κ3) is 4.12. The van der Waals surface area contributed by atoms with Gasteiger partial charge in [-0.1, -0.05) is 25.7 Å². The normalized spacial score (nSPS) is 23.6. The maximum atomic E-state index is 12.4. The SMILES string of the molecule is O=C(NCc1ncc[nH]1)C1CCC(=O)N(C2CCCCCC2)C1. The molecule has 2 N–H and O–H groups in total. The number of rotatable bonds is 4. The van der Waals surface area contributed by atoms with E-state index in [1.165, 1.54) is 25.7 Å². The number of imidazole rings is 1. The summed E-state index contributed by atoms with van der Waals surface area (Å²) in [5.74, 6) is 0.927. The van der Waals surface area contributed by atoms with Gasteiger partial charge in [0.15, 0.2) is 0 Å². The van der Waals surface area contributed by atoms with Crippen molar-refractivity contribution in [2.45, 2.75) is 64.0 Å². The number of likely N-dealkylation sites (tertiary alicyclic amines) is 1. The molecule has 1 aromatic heterocycles. The van der Waals surface area contributed by atoms with E-state index in [0.29, 0.717) is 32.0 Å². The van der Waals surface area contributed by atoms with Crippen molar-refractivity contribution in [1.29, 1.82) is 0 Å². The van der Waals surface area contributed by atoms with Crippen LogP contribution in [0.1, 0.15) is 57.2 Å². The average molecular weight is 318 g/mol. The van der Waals surface area contributed by atoms with Gasteiger partial charge in [0.1, 0.15) is 5.82 Å².